The van der Waals surface area contributed by atoms with E-state index in [1.54, 1.807) is 49.6 Å². The summed E-state index contributed by atoms with van der Waals surface area (Å²) in [4.78, 5) is 30.4. The number of rotatable bonds is 4. The first kappa shape index (κ1) is 17.6. The Bertz CT molecular complexity index is 1070. The molecule has 4 aromatic rings. The quantitative estimate of drug-likeness (QED) is 0.523. The summed E-state index contributed by atoms with van der Waals surface area (Å²) in [6, 6.07) is 15.2. The smallest absolute Gasteiger partial charge is 0.225 e. The normalized spacial score (nSPS) is 13.1. The monoisotopic (exact) mass is 392 g/mol. The minimum Gasteiger partial charge on any atom is -0.263 e. The molecule has 0 atom stereocenters. The molecule has 1 fully saturated rings. The predicted molar refractivity (Wildman–Crippen MR) is 116 cm³/mol. The van der Waals surface area contributed by atoms with E-state index in [1.807, 2.05) is 58.3 Å². The Morgan fingerprint density at radius 2 is 0.900 bits per heavy atom. The fourth-order valence-electron chi connectivity index (χ4n) is 3.04. The minimum absolute atomic E-state index is 0.673. The van der Waals surface area contributed by atoms with Crippen molar-refractivity contribution in [3.8, 4) is 0 Å². The number of aromatic nitrogens is 4. The molecule has 0 saturated carbocycles. The lowest BCUT2D eigenvalue weighted by Crippen LogP contribution is -2.66. The second-order valence-corrected chi connectivity index (χ2v) is 6.34. The average Bonchev–Trinajstić information content (AvgIpc) is 2.81. The third kappa shape index (κ3) is 3.37. The first-order valence-corrected chi connectivity index (χ1v) is 9.28. The van der Waals surface area contributed by atoms with Gasteiger partial charge in [-0.05, 0) is 48.5 Å². The molecule has 8 nitrogen and oxygen atoms in total. The van der Waals surface area contributed by atoms with Gasteiger partial charge in [-0.2, -0.15) is 0 Å². The predicted octanol–water partition coefficient (Wildman–Crippen LogP) is 3.97. The Morgan fingerprint density at radius 1 is 0.500 bits per heavy atom. The number of pyridine rings is 4. The van der Waals surface area contributed by atoms with Crippen LogP contribution in [0.5, 0.6) is 0 Å². The Morgan fingerprint density at radius 3 is 1.23 bits per heavy atom. The van der Waals surface area contributed by atoms with Crippen LogP contribution >= 0.6 is 0 Å². The zero-order chi connectivity index (χ0) is 20.2. The van der Waals surface area contributed by atoms with Gasteiger partial charge in [0.15, 0.2) is 0 Å². The number of hydrogen-bond donors (Lipinski definition) is 0. The lowest BCUT2D eigenvalue weighted by Gasteiger charge is -2.45. The van der Waals surface area contributed by atoms with Crippen molar-refractivity contribution in [2.24, 2.45) is 9.98 Å². The van der Waals surface area contributed by atoms with E-state index in [-0.39, 0.29) is 0 Å². The number of anilines is 2. The lowest BCUT2D eigenvalue weighted by molar-refractivity contribution is 1.11. The van der Waals surface area contributed by atoms with Crippen molar-refractivity contribution in [2.45, 2.75) is 0 Å². The molecule has 0 aliphatic carbocycles. The maximum absolute atomic E-state index is 4.83. The van der Waals surface area contributed by atoms with Gasteiger partial charge in [0.05, 0.1) is 47.5 Å². The summed E-state index contributed by atoms with van der Waals surface area (Å²) in [5, 5.41) is 0. The molecule has 5 rings (SSSR count). The van der Waals surface area contributed by atoms with Gasteiger partial charge in [-0.1, -0.05) is 0 Å². The molecule has 5 heterocycles. The van der Waals surface area contributed by atoms with Crippen LogP contribution in [-0.2, 0) is 0 Å². The summed E-state index contributed by atoms with van der Waals surface area (Å²) < 4.78 is 0. The maximum atomic E-state index is 4.83. The van der Waals surface area contributed by atoms with Crippen molar-refractivity contribution in [1.82, 2.24) is 19.9 Å². The summed E-state index contributed by atoms with van der Waals surface area (Å²) in [7, 11) is 0. The molecule has 0 spiro atoms. The van der Waals surface area contributed by atoms with Crippen LogP contribution in [0.1, 0.15) is 0 Å². The van der Waals surface area contributed by atoms with E-state index < -0.39 is 0 Å². The van der Waals surface area contributed by atoms with Crippen molar-refractivity contribution in [3.05, 3.63) is 98.1 Å². The number of nitrogens with zero attached hydrogens (tertiary/aromatic N) is 8. The Kier molecular flexibility index (Phi) is 4.63. The molecule has 0 aromatic carbocycles. The van der Waals surface area contributed by atoms with Crippen LogP contribution in [0.3, 0.4) is 0 Å². The van der Waals surface area contributed by atoms with Gasteiger partial charge in [0.25, 0.3) is 0 Å². The van der Waals surface area contributed by atoms with Crippen molar-refractivity contribution < 1.29 is 0 Å². The van der Waals surface area contributed by atoms with Gasteiger partial charge >= 0.3 is 0 Å². The van der Waals surface area contributed by atoms with Crippen LogP contribution in [0, 0.1) is 0 Å². The van der Waals surface area contributed by atoms with E-state index in [4.69, 9.17) is 9.98 Å². The van der Waals surface area contributed by atoms with Crippen LogP contribution in [0.2, 0.25) is 0 Å². The summed E-state index contributed by atoms with van der Waals surface area (Å²) in [5.41, 5.74) is 3.16. The molecular formula is C22H16N8. The molecule has 4 aromatic heterocycles. The van der Waals surface area contributed by atoms with Gasteiger partial charge in [-0.3, -0.25) is 19.9 Å². The molecule has 1 aliphatic heterocycles. The highest BCUT2D eigenvalue weighted by Gasteiger charge is 2.42. The Hall–Kier alpha value is -4.46. The van der Waals surface area contributed by atoms with Crippen molar-refractivity contribution in [3.63, 3.8) is 0 Å². The van der Waals surface area contributed by atoms with Crippen LogP contribution in [0.25, 0.3) is 0 Å². The third-order valence-corrected chi connectivity index (χ3v) is 4.36. The second kappa shape index (κ2) is 7.88. The van der Waals surface area contributed by atoms with Gasteiger partial charge in [-0.25, -0.2) is 19.8 Å². The number of guanidine groups is 2. The highest BCUT2D eigenvalue weighted by molar-refractivity contribution is 6.45. The molecule has 30 heavy (non-hydrogen) atoms. The van der Waals surface area contributed by atoms with E-state index in [0.29, 0.717) is 11.9 Å². The van der Waals surface area contributed by atoms with E-state index in [9.17, 15) is 0 Å². The van der Waals surface area contributed by atoms with E-state index in [0.717, 1.165) is 22.7 Å². The summed E-state index contributed by atoms with van der Waals surface area (Å²) in [5.74, 6) is 1.35. The Labute approximate surface area is 173 Å². The largest absolute Gasteiger partial charge is 0.263 e. The third-order valence-electron chi connectivity index (χ3n) is 4.36. The molecule has 0 amide bonds. The average molecular weight is 392 g/mol. The zero-order valence-electron chi connectivity index (χ0n) is 15.8. The molecule has 0 bridgehead atoms. The summed E-state index contributed by atoms with van der Waals surface area (Å²) in [6.45, 7) is 0. The molecule has 1 aliphatic rings. The van der Waals surface area contributed by atoms with Crippen molar-refractivity contribution in [2.75, 3.05) is 9.80 Å². The fourth-order valence-corrected chi connectivity index (χ4v) is 3.04. The van der Waals surface area contributed by atoms with Gasteiger partial charge in [0.2, 0.25) is 11.9 Å². The number of hydrogen-bond acceptors (Lipinski definition) is 6. The zero-order valence-corrected chi connectivity index (χ0v) is 15.8. The first-order chi connectivity index (χ1) is 14.9. The molecule has 0 radical (unpaired) electrons. The molecular weight excluding hydrogens is 376 g/mol. The Balaban J connectivity index is 1.68. The van der Waals surface area contributed by atoms with Crippen LogP contribution in [-0.4, -0.2) is 31.9 Å². The summed E-state index contributed by atoms with van der Waals surface area (Å²) in [6.07, 6.45) is 13.9. The summed E-state index contributed by atoms with van der Waals surface area (Å²) >= 11 is 0. The highest BCUT2D eigenvalue weighted by Crippen LogP contribution is 2.32. The molecule has 1 saturated heterocycles. The van der Waals surface area contributed by atoms with Crippen LogP contribution < -0.4 is 9.80 Å². The fraction of sp³-hybridized carbons (Fsp3) is 0. The van der Waals surface area contributed by atoms with Gasteiger partial charge < -0.3 is 0 Å². The van der Waals surface area contributed by atoms with E-state index >= 15 is 0 Å². The first-order valence-electron chi connectivity index (χ1n) is 9.28. The van der Waals surface area contributed by atoms with Crippen LogP contribution in [0.15, 0.2) is 108 Å². The standard InChI is InChI=1S/C22H16N8/c1-5-17(13-23-9-1)27-21-29(19-7-3-11-25-15-19)22(28-18-6-2-10-24-14-18)30(21)20-8-4-12-26-16-20/h1-16H. The molecule has 8 heteroatoms. The van der Waals surface area contributed by atoms with Crippen molar-refractivity contribution >= 4 is 34.7 Å². The molecule has 144 valence electrons. The second-order valence-electron chi connectivity index (χ2n) is 6.34. The maximum Gasteiger partial charge on any atom is 0.225 e. The van der Waals surface area contributed by atoms with Gasteiger partial charge in [0.1, 0.15) is 0 Å². The van der Waals surface area contributed by atoms with Gasteiger partial charge in [0, 0.05) is 24.8 Å². The van der Waals surface area contributed by atoms with Crippen LogP contribution in [0.4, 0.5) is 22.7 Å². The molecule has 0 N–H and O–H groups in total. The van der Waals surface area contributed by atoms with E-state index in [2.05, 4.69) is 19.9 Å². The lowest BCUT2D eigenvalue weighted by atomic mass is 10.2. The number of aliphatic imine (C=N–C) groups is 2. The van der Waals surface area contributed by atoms with Crippen molar-refractivity contribution in [1.29, 1.82) is 0 Å². The minimum atomic E-state index is 0.673. The highest BCUT2D eigenvalue weighted by atomic mass is 15.6. The van der Waals surface area contributed by atoms with E-state index in [1.165, 1.54) is 0 Å². The topological polar surface area (TPSA) is 82.8 Å². The van der Waals surface area contributed by atoms with Gasteiger partial charge in [-0.15, -0.1) is 0 Å². The SMILES string of the molecule is c1cncc(N=C2N(c3cccnc3)C(=Nc3cccnc3)N2c2cccnc2)c1. The molecule has 0 unspecified atom stereocenters.